The van der Waals surface area contributed by atoms with Gasteiger partial charge in [0, 0.05) is 0 Å². The van der Waals surface area contributed by atoms with Crippen LogP contribution in [0.25, 0.3) is 10.8 Å². The van der Waals surface area contributed by atoms with Crippen LogP contribution >= 0.6 is 34.8 Å². The highest BCUT2D eigenvalue weighted by Gasteiger charge is 2.33. The Hall–Kier alpha value is -1.79. The second kappa shape index (κ2) is 7.68. The van der Waals surface area contributed by atoms with Crippen LogP contribution in [-0.2, 0) is 14.8 Å². The van der Waals surface area contributed by atoms with Gasteiger partial charge in [0.2, 0.25) is 5.24 Å². The Kier molecular flexibility index (Phi) is 5.68. The van der Waals surface area contributed by atoms with Crippen molar-refractivity contribution in [1.29, 1.82) is 0 Å². The molecule has 0 aliphatic carbocycles. The van der Waals surface area contributed by atoms with Gasteiger partial charge in [-0.15, -0.1) is 0 Å². The Bertz CT molecular complexity index is 1130. The van der Waals surface area contributed by atoms with Crippen molar-refractivity contribution in [2.45, 2.75) is 17.9 Å². The lowest BCUT2D eigenvalue weighted by Gasteiger charge is -2.28. The van der Waals surface area contributed by atoms with E-state index in [0.29, 0.717) is 5.69 Å². The molecule has 0 N–H and O–H groups in total. The number of carbonyl (C=O) groups excluding carboxylic acids is 1. The molecular weight excluding hydrogens is 429 g/mol. The summed E-state index contributed by atoms with van der Waals surface area (Å²) in [6.45, 7) is 1.43. The summed E-state index contributed by atoms with van der Waals surface area (Å²) in [5.41, 5.74) is 0.321. The topological polar surface area (TPSA) is 54.5 Å². The largest absolute Gasteiger partial charge is 0.279 e. The van der Waals surface area contributed by atoms with Crippen molar-refractivity contribution >= 4 is 66.5 Å². The highest BCUT2D eigenvalue weighted by Crippen LogP contribution is 2.32. The highest BCUT2D eigenvalue weighted by atomic mass is 35.5. The van der Waals surface area contributed by atoms with E-state index < -0.39 is 21.3 Å². The van der Waals surface area contributed by atoms with Gasteiger partial charge in [-0.25, -0.2) is 8.42 Å². The van der Waals surface area contributed by atoms with E-state index in [1.807, 2.05) is 24.3 Å². The van der Waals surface area contributed by atoms with Gasteiger partial charge in [0.15, 0.2) is 0 Å². The molecule has 1 unspecified atom stereocenters. The Morgan fingerprint density at radius 1 is 0.926 bits per heavy atom. The maximum absolute atomic E-state index is 13.3. The number of hydrogen-bond donors (Lipinski definition) is 0. The van der Waals surface area contributed by atoms with Gasteiger partial charge in [0.05, 0.1) is 20.6 Å². The lowest BCUT2D eigenvalue weighted by molar-refractivity contribution is -0.112. The summed E-state index contributed by atoms with van der Waals surface area (Å²) in [6, 6.07) is 15.5. The van der Waals surface area contributed by atoms with Gasteiger partial charge < -0.3 is 0 Å². The van der Waals surface area contributed by atoms with Crippen molar-refractivity contribution in [1.82, 2.24) is 0 Å². The van der Waals surface area contributed by atoms with Crippen molar-refractivity contribution < 1.29 is 13.2 Å². The van der Waals surface area contributed by atoms with E-state index in [1.165, 1.54) is 25.1 Å². The second-order valence-corrected chi connectivity index (χ2v) is 8.89. The van der Waals surface area contributed by atoms with Gasteiger partial charge in [-0.05, 0) is 59.6 Å². The number of rotatable bonds is 5. The fraction of sp³-hybridized carbons (Fsp3) is 0.105. The Balaban J connectivity index is 2.20. The predicted molar refractivity (Wildman–Crippen MR) is 110 cm³/mol. The molecule has 0 radical (unpaired) electrons. The number of hydrogen-bond acceptors (Lipinski definition) is 3. The van der Waals surface area contributed by atoms with Crippen LogP contribution < -0.4 is 4.31 Å². The first-order valence-electron chi connectivity index (χ1n) is 7.89. The monoisotopic (exact) mass is 441 g/mol. The van der Waals surface area contributed by atoms with Gasteiger partial charge >= 0.3 is 0 Å². The molecule has 0 saturated heterocycles. The summed E-state index contributed by atoms with van der Waals surface area (Å²) in [6.07, 6.45) is 0. The first-order chi connectivity index (χ1) is 12.7. The van der Waals surface area contributed by atoms with Crippen molar-refractivity contribution in [2.24, 2.45) is 0 Å². The zero-order valence-electron chi connectivity index (χ0n) is 14.1. The van der Waals surface area contributed by atoms with Crippen molar-refractivity contribution in [3.8, 4) is 0 Å². The number of benzene rings is 3. The normalized spacial score (nSPS) is 12.7. The molecule has 0 amide bonds. The molecule has 3 aromatic rings. The number of sulfonamides is 1. The summed E-state index contributed by atoms with van der Waals surface area (Å²) in [5, 5.41) is 1.30. The summed E-state index contributed by atoms with van der Waals surface area (Å²) < 4.78 is 27.6. The zero-order valence-corrected chi connectivity index (χ0v) is 17.1. The van der Waals surface area contributed by atoms with E-state index in [-0.39, 0.29) is 14.9 Å². The average molecular weight is 443 g/mol. The van der Waals surface area contributed by atoms with Gasteiger partial charge in [0.25, 0.3) is 10.0 Å². The Morgan fingerprint density at radius 3 is 2.22 bits per heavy atom. The number of nitrogens with zero attached hydrogens (tertiary/aromatic N) is 1. The minimum absolute atomic E-state index is 0.0881. The lowest BCUT2D eigenvalue weighted by atomic mass is 10.1. The average Bonchev–Trinajstić information content (AvgIpc) is 2.63. The molecule has 0 heterocycles. The van der Waals surface area contributed by atoms with Crippen molar-refractivity contribution in [3.05, 3.63) is 70.7 Å². The van der Waals surface area contributed by atoms with E-state index in [4.69, 9.17) is 34.8 Å². The number of fused-ring (bicyclic) bond motifs is 1. The molecule has 0 aliphatic rings. The molecule has 0 saturated carbocycles. The molecule has 3 rings (SSSR count). The first-order valence-corrected chi connectivity index (χ1v) is 10.5. The SMILES string of the molecule is CC(C(=O)Cl)N(c1ccc2ccccc2c1)S(=O)(=O)c1ccc(Cl)c(Cl)c1. The maximum atomic E-state index is 13.3. The van der Waals surface area contributed by atoms with E-state index >= 15 is 0 Å². The summed E-state index contributed by atoms with van der Waals surface area (Å²) in [4.78, 5) is 11.7. The molecule has 0 bridgehead atoms. The van der Waals surface area contributed by atoms with Gasteiger partial charge in [-0.3, -0.25) is 9.10 Å². The third kappa shape index (κ3) is 3.92. The molecule has 0 fully saturated rings. The molecule has 0 aliphatic heterocycles. The van der Waals surface area contributed by atoms with Crippen LogP contribution in [0.3, 0.4) is 0 Å². The molecule has 0 aromatic heterocycles. The minimum Gasteiger partial charge on any atom is -0.279 e. The highest BCUT2D eigenvalue weighted by molar-refractivity contribution is 7.93. The van der Waals surface area contributed by atoms with Crippen LogP contribution in [0.4, 0.5) is 5.69 Å². The molecule has 4 nitrogen and oxygen atoms in total. The van der Waals surface area contributed by atoms with Gasteiger partial charge in [-0.1, -0.05) is 53.5 Å². The molecule has 27 heavy (non-hydrogen) atoms. The van der Waals surface area contributed by atoms with Crippen molar-refractivity contribution in [2.75, 3.05) is 4.31 Å². The summed E-state index contributed by atoms with van der Waals surface area (Å²) in [5.74, 6) is 0. The van der Waals surface area contributed by atoms with Crippen molar-refractivity contribution in [3.63, 3.8) is 0 Å². The van der Waals surface area contributed by atoms with Crippen LogP contribution in [0.1, 0.15) is 6.92 Å². The van der Waals surface area contributed by atoms with Crippen LogP contribution in [0.15, 0.2) is 65.6 Å². The lowest BCUT2D eigenvalue weighted by Crippen LogP contribution is -2.42. The smallest absolute Gasteiger partial charge is 0.265 e. The fourth-order valence-electron chi connectivity index (χ4n) is 2.73. The summed E-state index contributed by atoms with van der Waals surface area (Å²) >= 11 is 17.5. The molecule has 3 aromatic carbocycles. The molecule has 140 valence electrons. The third-order valence-corrected chi connectivity index (χ3v) is 7.07. The molecule has 8 heteroatoms. The van der Waals surface area contributed by atoms with E-state index in [1.54, 1.807) is 18.2 Å². The minimum atomic E-state index is -4.12. The predicted octanol–water partition coefficient (Wildman–Crippen LogP) is 5.50. The summed E-state index contributed by atoms with van der Waals surface area (Å²) in [7, 11) is -4.12. The molecule has 1 atom stereocenters. The molecular formula is C19H14Cl3NO3S. The maximum Gasteiger partial charge on any atom is 0.265 e. The van der Waals surface area contributed by atoms with Gasteiger partial charge in [0.1, 0.15) is 6.04 Å². The van der Waals surface area contributed by atoms with E-state index in [2.05, 4.69) is 0 Å². The number of halogens is 3. The molecule has 0 spiro atoms. The van der Waals surface area contributed by atoms with E-state index in [9.17, 15) is 13.2 Å². The standard InChI is InChI=1S/C19H14Cl3NO3S/c1-12(19(22)24)23(15-7-6-13-4-2-3-5-14(13)10-15)27(25,26)16-8-9-17(20)18(21)11-16/h2-12H,1H3. The van der Waals surface area contributed by atoms with Gasteiger partial charge in [-0.2, -0.15) is 0 Å². The van der Waals surface area contributed by atoms with Crippen LogP contribution in [0.2, 0.25) is 10.0 Å². The first kappa shape index (κ1) is 20.0. The van der Waals surface area contributed by atoms with E-state index in [0.717, 1.165) is 15.1 Å². The Labute approximate surface area is 172 Å². The third-order valence-electron chi connectivity index (χ3n) is 4.12. The zero-order chi connectivity index (χ0) is 19.8. The quantitative estimate of drug-likeness (QED) is 0.491. The van der Waals surface area contributed by atoms with Crippen LogP contribution in [-0.4, -0.2) is 19.7 Å². The van der Waals surface area contributed by atoms with Crippen LogP contribution in [0.5, 0.6) is 0 Å². The second-order valence-electron chi connectivity index (χ2n) is 5.89. The number of carbonyl (C=O) groups is 1. The Morgan fingerprint density at radius 2 is 1.59 bits per heavy atom. The van der Waals surface area contributed by atoms with Crippen LogP contribution in [0, 0.1) is 0 Å². The number of anilines is 1. The fourth-order valence-corrected chi connectivity index (χ4v) is 4.88.